The van der Waals surface area contributed by atoms with E-state index in [1.165, 1.54) is 11.8 Å². The van der Waals surface area contributed by atoms with Crippen molar-refractivity contribution in [2.45, 2.75) is 39.4 Å². The molecule has 0 aliphatic heterocycles. The molecule has 0 atom stereocenters. The summed E-state index contributed by atoms with van der Waals surface area (Å²) in [4.78, 5) is 12.4. The van der Waals surface area contributed by atoms with Crippen molar-refractivity contribution in [2.24, 2.45) is 5.92 Å². The van der Waals surface area contributed by atoms with Crippen molar-refractivity contribution in [3.8, 4) is 11.4 Å². The summed E-state index contributed by atoms with van der Waals surface area (Å²) < 4.78 is 2.11. The fourth-order valence-corrected chi connectivity index (χ4v) is 3.85. The number of amides is 1. The quantitative estimate of drug-likeness (QED) is 0.576. The van der Waals surface area contributed by atoms with E-state index in [0.717, 1.165) is 39.9 Å². The zero-order valence-corrected chi connectivity index (χ0v) is 17.6. The Labute approximate surface area is 170 Å². The smallest absolute Gasteiger partial charge is 0.234 e. The van der Waals surface area contributed by atoms with E-state index in [4.69, 9.17) is 0 Å². The first-order valence-electron chi connectivity index (χ1n) is 9.42. The molecule has 5 nitrogen and oxygen atoms in total. The third-order valence-electron chi connectivity index (χ3n) is 4.13. The number of hydrogen-bond acceptors (Lipinski definition) is 4. The van der Waals surface area contributed by atoms with Gasteiger partial charge >= 0.3 is 0 Å². The average molecular weight is 395 g/mol. The lowest BCUT2D eigenvalue weighted by Crippen LogP contribution is -2.15. The van der Waals surface area contributed by atoms with Crippen LogP contribution in [0.4, 0.5) is 5.69 Å². The van der Waals surface area contributed by atoms with Crippen LogP contribution in [-0.4, -0.2) is 26.4 Å². The van der Waals surface area contributed by atoms with Crippen LogP contribution >= 0.6 is 11.8 Å². The number of aryl methyl sites for hydroxylation is 2. The van der Waals surface area contributed by atoms with Crippen LogP contribution in [0.1, 0.15) is 25.0 Å². The Balaban J connectivity index is 1.73. The van der Waals surface area contributed by atoms with E-state index in [1.54, 1.807) is 0 Å². The molecule has 1 heterocycles. The zero-order chi connectivity index (χ0) is 20.1. The van der Waals surface area contributed by atoms with Gasteiger partial charge in [0, 0.05) is 17.8 Å². The lowest BCUT2D eigenvalue weighted by atomic mass is 10.1. The molecule has 0 saturated heterocycles. The van der Waals surface area contributed by atoms with Gasteiger partial charge in [-0.25, -0.2) is 0 Å². The minimum atomic E-state index is -0.0460. The molecule has 0 unspecified atom stereocenters. The van der Waals surface area contributed by atoms with E-state index in [0.29, 0.717) is 5.92 Å². The number of anilines is 1. The number of thioether (sulfide) groups is 1. The van der Waals surface area contributed by atoms with Gasteiger partial charge in [0.1, 0.15) is 0 Å². The van der Waals surface area contributed by atoms with Gasteiger partial charge in [0.15, 0.2) is 11.0 Å². The third-order valence-corrected chi connectivity index (χ3v) is 5.10. The second-order valence-electron chi connectivity index (χ2n) is 7.39. The molecule has 146 valence electrons. The van der Waals surface area contributed by atoms with Crippen LogP contribution in [-0.2, 0) is 11.3 Å². The molecule has 0 fully saturated rings. The molecule has 28 heavy (non-hydrogen) atoms. The molecule has 1 aromatic heterocycles. The fraction of sp³-hybridized carbons (Fsp3) is 0.318. The first-order valence-corrected chi connectivity index (χ1v) is 10.4. The van der Waals surface area contributed by atoms with Gasteiger partial charge in [0.2, 0.25) is 5.91 Å². The highest BCUT2D eigenvalue weighted by Crippen LogP contribution is 2.25. The molecule has 2 aromatic carbocycles. The summed E-state index contributed by atoms with van der Waals surface area (Å²) in [6.07, 6.45) is 0. The van der Waals surface area contributed by atoms with Crippen LogP contribution in [0.15, 0.2) is 53.7 Å². The summed E-state index contributed by atoms with van der Waals surface area (Å²) >= 11 is 1.42. The number of nitrogens with one attached hydrogen (secondary N) is 1. The average Bonchev–Trinajstić information content (AvgIpc) is 3.01. The first-order chi connectivity index (χ1) is 13.4. The van der Waals surface area contributed by atoms with Gasteiger partial charge in [-0.3, -0.25) is 4.79 Å². The van der Waals surface area contributed by atoms with Crippen molar-refractivity contribution in [3.05, 3.63) is 59.7 Å². The molecular weight excluding hydrogens is 368 g/mol. The summed E-state index contributed by atoms with van der Waals surface area (Å²) in [6, 6.07) is 16.1. The zero-order valence-electron chi connectivity index (χ0n) is 16.8. The number of hydrogen-bond donors (Lipinski definition) is 1. The van der Waals surface area contributed by atoms with Crippen LogP contribution in [0.3, 0.4) is 0 Å². The second kappa shape index (κ2) is 9.06. The SMILES string of the molecule is Cc1cc(C)cc(NC(=O)CSc2nnc(-c3ccccc3)n2CC(C)C)c1. The van der Waals surface area contributed by atoms with Crippen molar-refractivity contribution in [3.63, 3.8) is 0 Å². The highest BCUT2D eigenvalue weighted by molar-refractivity contribution is 7.99. The van der Waals surface area contributed by atoms with Crippen molar-refractivity contribution in [1.82, 2.24) is 14.8 Å². The van der Waals surface area contributed by atoms with E-state index in [-0.39, 0.29) is 11.7 Å². The largest absolute Gasteiger partial charge is 0.325 e. The minimum absolute atomic E-state index is 0.0460. The molecule has 0 saturated carbocycles. The highest BCUT2D eigenvalue weighted by Gasteiger charge is 2.16. The lowest BCUT2D eigenvalue weighted by molar-refractivity contribution is -0.113. The highest BCUT2D eigenvalue weighted by atomic mass is 32.2. The molecule has 3 rings (SSSR count). The van der Waals surface area contributed by atoms with Crippen molar-refractivity contribution < 1.29 is 4.79 Å². The second-order valence-corrected chi connectivity index (χ2v) is 8.33. The molecule has 1 amide bonds. The maximum Gasteiger partial charge on any atom is 0.234 e. The van der Waals surface area contributed by atoms with Gasteiger partial charge in [0.25, 0.3) is 0 Å². The fourth-order valence-electron chi connectivity index (χ4n) is 3.10. The van der Waals surface area contributed by atoms with Crippen LogP contribution in [0.5, 0.6) is 0 Å². The van der Waals surface area contributed by atoms with Crippen LogP contribution in [0.25, 0.3) is 11.4 Å². The monoisotopic (exact) mass is 394 g/mol. The summed E-state index contributed by atoms with van der Waals surface area (Å²) in [6.45, 7) is 9.18. The van der Waals surface area contributed by atoms with Gasteiger partial charge in [-0.1, -0.05) is 62.0 Å². The molecule has 0 aliphatic carbocycles. The summed E-state index contributed by atoms with van der Waals surface area (Å²) in [5.74, 6) is 1.53. The predicted octanol–water partition coefficient (Wildman–Crippen LogP) is 4.95. The number of rotatable bonds is 7. The molecule has 0 bridgehead atoms. The Morgan fingerprint density at radius 3 is 2.39 bits per heavy atom. The Bertz CT molecular complexity index is 930. The van der Waals surface area contributed by atoms with Crippen molar-refractivity contribution >= 4 is 23.4 Å². The summed E-state index contributed by atoms with van der Waals surface area (Å²) in [5.41, 5.74) is 4.12. The molecule has 0 radical (unpaired) electrons. The maximum absolute atomic E-state index is 12.4. The van der Waals surface area contributed by atoms with E-state index < -0.39 is 0 Å². The van der Waals surface area contributed by atoms with Crippen LogP contribution in [0, 0.1) is 19.8 Å². The topological polar surface area (TPSA) is 59.8 Å². The van der Waals surface area contributed by atoms with Crippen molar-refractivity contribution in [1.29, 1.82) is 0 Å². The molecule has 3 aromatic rings. The Morgan fingerprint density at radius 1 is 1.07 bits per heavy atom. The maximum atomic E-state index is 12.4. The van der Waals surface area contributed by atoms with Gasteiger partial charge in [-0.2, -0.15) is 0 Å². The van der Waals surface area contributed by atoms with E-state index in [1.807, 2.05) is 56.3 Å². The molecule has 0 spiro atoms. The Hall–Kier alpha value is -2.60. The number of carbonyl (C=O) groups excluding carboxylic acids is 1. The van der Waals surface area contributed by atoms with E-state index >= 15 is 0 Å². The summed E-state index contributed by atoms with van der Waals surface area (Å²) in [5, 5.41) is 12.5. The number of carbonyl (C=O) groups is 1. The van der Waals surface area contributed by atoms with E-state index in [9.17, 15) is 4.79 Å². The number of benzene rings is 2. The lowest BCUT2D eigenvalue weighted by Gasteiger charge is -2.12. The summed E-state index contributed by atoms with van der Waals surface area (Å²) in [7, 11) is 0. The standard InChI is InChI=1S/C22H26N4OS/c1-15(2)13-26-21(18-8-6-5-7-9-18)24-25-22(26)28-14-20(27)23-19-11-16(3)10-17(4)12-19/h5-12,15H,13-14H2,1-4H3,(H,23,27). The normalized spacial score (nSPS) is 11.0. The van der Waals surface area contributed by atoms with Crippen LogP contribution < -0.4 is 5.32 Å². The predicted molar refractivity (Wildman–Crippen MR) is 116 cm³/mol. The molecular formula is C22H26N4OS. The third kappa shape index (κ3) is 5.23. The van der Waals surface area contributed by atoms with Gasteiger partial charge in [0.05, 0.1) is 5.75 Å². The number of nitrogens with zero attached hydrogens (tertiary/aromatic N) is 3. The van der Waals surface area contributed by atoms with Gasteiger partial charge in [-0.15, -0.1) is 10.2 Å². The minimum Gasteiger partial charge on any atom is -0.325 e. The van der Waals surface area contributed by atoms with Crippen LogP contribution in [0.2, 0.25) is 0 Å². The van der Waals surface area contributed by atoms with Gasteiger partial charge < -0.3 is 9.88 Å². The molecule has 0 aliphatic rings. The van der Waals surface area contributed by atoms with Gasteiger partial charge in [-0.05, 0) is 43.0 Å². The molecule has 1 N–H and O–H groups in total. The van der Waals surface area contributed by atoms with E-state index in [2.05, 4.69) is 40.0 Å². The Kier molecular flexibility index (Phi) is 6.52. The molecule has 6 heteroatoms. The Morgan fingerprint density at radius 2 is 1.75 bits per heavy atom. The number of aromatic nitrogens is 3. The van der Waals surface area contributed by atoms with Crippen molar-refractivity contribution in [2.75, 3.05) is 11.1 Å². The first kappa shape index (κ1) is 20.1.